The van der Waals surface area contributed by atoms with E-state index in [1.54, 1.807) is 0 Å². The number of hydrogen-bond donors (Lipinski definition) is 1. The fourth-order valence-electron chi connectivity index (χ4n) is 1.78. The zero-order valence-corrected chi connectivity index (χ0v) is 11.2. The molecule has 2 N–H and O–H groups in total. The van der Waals surface area contributed by atoms with Crippen LogP contribution in [0.4, 0.5) is 5.69 Å². The highest BCUT2D eigenvalue weighted by molar-refractivity contribution is 5.55. The Morgan fingerprint density at radius 2 is 1.94 bits per heavy atom. The molecule has 2 nitrogen and oxygen atoms in total. The van der Waals surface area contributed by atoms with Crippen LogP contribution in [0.5, 0.6) is 0 Å². The SMILES string of the molecule is CCC(C)(C)N(C)c1ccc(CN)cc1C. The molecule has 1 aromatic carbocycles. The van der Waals surface area contributed by atoms with E-state index < -0.39 is 0 Å². The van der Waals surface area contributed by atoms with Gasteiger partial charge in [0.05, 0.1) is 0 Å². The molecule has 16 heavy (non-hydrogen) atoms. The van der Waals surface area contributed by atoms with E-state index in [0.717, 1.165) is 6.42 Å². The molecule has 0 saturated heterocycles. The Labute approximate surface area is 99.5 Å². The van der Waals surface area contributed by atoms with E-state index in [0.29, 0.717) is 6.54 Å². The fraction of sp³-hybridized carbons (Fsp3) is 0.571. The van der Waals surface area contributed by atoms with Crippen LogP contribution < -0.4 is 10.6 Å². The Kier molecular flexibility index (Phi) is 3.98. The molecule has 90 valence electrons. The summed E-state index contributed by atoms with van der Waals surface area (Å²) in [5.41, 5.74) is 9.62. The summed E-state index contributed by atoms with van der Waals surface area (Å²) in [5.74, 6) is 0. The van der Waals surface area contributed by atoms with Crippen LogP contribution in [0.15, 0.2) is 18.2 Å². The maximum absolute atomic E-state index is 5.64. The maximum atomic E-state index is 5.64. The minimum absolute atomic E-state index is 0.189. The van der Waals surface area contributed by atoms with E-state index in [-0.39, 0.29) is 5.54 Å². The van der Waals surface area contributed by atoms with Crippen molar-refractivity contribution in [3.05, 3.63) is 29.3 Å². The second-order valence-corrected chi connectivity index (χ2v) is 5.05. The van der Waals surface area contributed by atoms with Crippen LogP contribution in [0.1, 0.15) is 38.3 Å². The molecule has 0 aliphatic rings. The van der Waals surface area contributed by atoms with Crippen molar-refractivity contribution < 1.29 is 0 Å². The molecular weight excluding hydrogens is 196 g/mol. The number of aryl methyl sites for hydroxylation is 1. The van der Waals surface area contributed by atoms with Gasteiger partial charge in [0.25, 0.3) is 0 Å². The van der Waals surface area contributed by atoms with Gasteiger partial charge < -0.3 is 10.6 Å². The van der Waals surface area contributed by atoms with Crippen LogP contribution >= 0.6 is 0 Å². The molecule has 0 fully saturated rings. The summed E-state index contributed by atoms with van der Waals surface area (Å²) in [6.07, 6.45) is 1.13. The number of hydrogen-bond acceptors (Lipinski definition) is 2. The summed E-state index contributed by atoms with van der Waals surface area (Å²) in [6.45, 7) is 9.52. The average Bonchev–Trinajstić information content (AvgIpc) is 2.28. The summed E-state index contributed by atoms with van der Waals surface area (Å²) < 4.78 is 0. The van der Waals surface area contributed by atoms with Gasteiger partial charge in [0, 0.05) is 24.8 Å². The van der Waals surface area contributed by atoms with E-state index in [1.165, 1.54) is 16.8 Å². The van der Waals surface area contributed by atoms with E-state index >= 15 is 0 Å². The summed E-state index contributed by atoms with van der Waals surface area (Å²) in [5, 5.41) is 0. The van der Waals surface area contributed by atoms with Gasteiger partial charge in [-0.05, 0) is 44.4 Å². The highest BCUT2D eigenvalue weighted by atomic mass is 15.2. The molecule has 0 amide bonds. The van der Waals surface area contributed by atoms with Gasteiger partial charge in [-0.1, -0.05) is 19.1 Å². The second kappa shape index (κ2) is 4.88. The number of rotatable bonds is 4. The molecule has 0 bridgehead atoms. The first-order chi connectivity index (χ1) is 7.42. The molecule has 0 unspecified atom stereocenters. The summed E-state index contributed by atoms with van der Waals surface area (Å²) >= 11 is 0. The lowest BCUT2D eigenvalue weighted by atomic mass is 9.97. The van der Waals surface area contributed by atoms with Crippen molar-refractivity contribution >= 4 is 5.69 Å². The molecule has 0 heterocycles. The van der Waals surface area contributed by atoms with Crippen molar-refractivity contribution in [2.75, 3.05) is 11.9 Å². The molecule has 0 spiro atoms. The quantitative estimate of drug-likeness (QED) is 0.845. The number of nitrogens with two attached hydrogens (primary N) is 1. The molecule has 0 aliphatic carbocycles. The number of benzene rings is 1. The van der Waals surface area contributed by atoms with Crippen LogP contribution in [-0.2, 0) is 6.54 Å². The second-order valence-electron chi connectivity index (χ2n) is 5.05. The zero-order chi connectivity index (χ0) is 12.3. The summed E-state index contributed by atoms with van der Waals surface area (Å²) in [7, 11) is 2.16. The van der Waals surface area contributed by atoms with Gasteiger partial charge in [0.15, 0.2) is 0 Å². The predicted octanol–water partition coefficient (Wildman–Crippen LogP) is 3.08. The Bertz CT molecular complexity index is 356. The summed E-state index contributed by atoms with van der Waals surface area (Å²) in [4.78, 5) is 2.35. The van der Waals surface area contributed by atoms with Crippen molar-refractivity contribution in [3.63, 3.8) is 0 Å². The molecule has 1 aromatic rings. The first-order valence-electron chi connectivity index (χ1n) is 5.95. The van der Waals surface area contributed by atoms with E-state index in [4.69, 9.17) is 5.73 Å². The highest BCUT2D eigenvalue weighted by Crippen LogP contribution is 2.28. The van der Waals surface area contributed by atoms with Crippen molar-refractivity contribution in [1.29, 1.82) is 0 Å². The number of anilines is 1. The third-order valence-electron chi connectivity index (χ3n) is 3.63. The zero-order valence-electron chi connectivity index (χ0n) is 11.2. The minimum Gasteiger partial charge on any atom is -0.369 e. The van der Waals surface area contributed by atoms with Gasteiger partial charge >= 0.3 is 0 Å². The molecule has 0 atom stereocenters. The van der Waals surface area contributed by atoms with Gasteiger partial charge in [-0.15, -0.1) is 0 Å². The first-order valence-corrected chi connectivity index (χ1v) is 5.95. The Balaban J connectivity index is 3.05. The molecule has 1 rings (SSSR count). The van der Waals surface area contributed by atoms with Crippen LogP contribution in [0.3, 0.4) is 0 Å². The Hall–Kier alpha value is -1.02. The topological polar surface area (TPSA) is 29.3 Å². The molecule has 0 saturated carbocycles. The van der Waals surface area contributed by atoms with Gasteiger partial charge in [-0.3, -0.25) is 0 Å². The fourth-order valence-corrected chi connectivity index (χ4v) is 1.78. The smallest absolute Gasteiger partial charge is 0.0397 e. The van der Waals surface area contributed by atoms with Crippen molar-refractivity contribution in [1.82, 2.24) is 0 Å². The van der Waals surface area contributed by atoms with Gasteiger partial charge in [0.1, 0.15) is 0 Å². The first kappa shape index (κ1) is 13.0. The molecule has 0 aromatic heterocycles. The van der Waals surface area contributed by atoms with Crippen molar-refractivity contribution in [2.45, 2.75) is 46.2 Å². The molecular formula is C14H24N2. The third kappa shape index (κ3) is 2.56. The molecule has 0 aliphatic heterocycles. The average molecular weight is 220 g/mol. The van der Waals surface area contributed by atoms with Crippen LogP contribution in [0.2, 0.25) is 0 Å². The van der Waals surface area contributed by atoms with Gasteiger partial charge in [0.2, 0.25) is 0 Å². The standard InChI is InChI=1S/C14H24N2/c1-6-14(3,4)16(5)13-8-7-12(10-15)9-11(13)2/h7-9H,6,10,15H2,1-5H3. The van der Waals surface area contributed by atoms with Gasteiger partial charge in [-0.25, -0.2) is 0 Å². The van der Waals surface area contributed by atoms with E-state index in [9.17, 15) is 0 Å². The van der Waals surface area contributed by atoms with E-state index in [2.05, 4.69) is 57.8 Å². The lowest BCUT2D eigenvalue weighted by Gasteiger charge is -2.37. The monoisotopic (exact) mass is 220 g/mol. The van der Waals surface area contributed by atoms with Crippen molar-refractivity contribution in [3.8, 4) is 0 Å². The van der Waals surface area contributed by atoms with Gasteiger partial charge in [-0.2, -0.15) is 0 Å². The van der Waals surface area contributed by atoms with Crippen molar-refractivity contribution in [2.24, 2.45) is 5.73 Å². The lowest BCUT2D eigenvalue weighted by Crippen LogP contribution is -2.40. The highest BCUT2D eigenvalue weighted by Gasteiger charge is 2.22. The summed E-state index contributed by atoms with van der Waals surface area (Å²) in [6, 6.07) is 6.47. The Morgan fingerprint density at radius 3 is 2.38 bits per heavy atom. The molecule has 0 radical (unpaired) electrons. The van der Waals surface area contributed by atoms with E-state index in [1.807, 2.05) is 0 Å². The predicted molar refractivity (Wildman–Crippen MR) is 71.8 cm³/mol. The third-order valence-corrected chi connectivity index (χ3v) is 3.63. The van der Waals surface area contributed by atoms with Crippen LogP contribution in [0, 0.1) is 6.92 Å². The lowest BCUT2D eigenvalue weighted by molar-refractivity contribution is 0.470. The van der Waals surface area contributed by atoms with Crippen LogP contribution in [0.25, 0.3) is 0 Å². The normalized spacial score (nSPS) is 11.6. The number of nitrogens with zero attached hydrogens (tertiary/aromatic N) is 1. The molecule has 2 heteroatoms. The minimum atomic E-state index is 0.189. The van der Waals surface area contributed by atoms with Crippen LogP contribution in [-0.4, -0.2) is 12.6 Å². The largest absolute Gasteiger partial charge is 0.369 e. The Morgan fingerprint density at radius 1 is 1.31 bits per heavy atom. The maximum Gasteiger partial charge on any atom is 0.0397 e.